The topological polar surface area (TPSA) is 12.0 Å². The largest absolute Gasteiger partial charge is 0.416 e. The number of hydrogen-bond donors (Lipinski definition) is 1. The Hall–Kier alpha value is -1.03. The van der Waals surface area contributed by atoms with Crippen molar-refractivity contribution < 1.29 is 13.2 Å². The molecule has 0 bridgehead atoms. The van der Waals surface area contributed by atoms with Crippen LogP contribution in [0.4, 0.5) is 13.2 Å². The van der Waals surface area contributed by atoms with Crippen LogP contribution in [-0.2, 0) is 19.0 Å². The lowest BCUT2D eigenvalue weighted by atomic mass is 9.96. The summed E-state index contributed by atoms with van der Waals surface area (Å²) in [6.45, 7) is 1.09. The fraction of sp³-hybridized carbons (Fsp3) is 0.600. The van der Waals surface area contributed by atoms with Gasteiger partial charge in [0.25, 0.3) is 0 Å². The molecule has 1 nitrogen and oxygen atoms in total. The van der Waals surface area contributed by atoms with Crippen LogP contribution < -0.4 is 5.32 Å². The average molecular weight is 269 g/mol. The predicted octanol–water partition coefficient (Wildman–Crippen LogP) is 3.56. The van der Waals surface area contributed by atoms with Gasteiger partial charge in [-0.15, -0.1) is 0 Å². The number of nitrogens with one attached hydrogen (secondary N) is 1. The molecule has 0 spiro atoms. The van der Waals surface area contributed by atoms with E-state index in [9.17, 15) is 13.2 Å². The Labute approximate surface area is 111 Å². The van der Waals surface area contributed by atoms with Crippen molar-refractivity contribution in [3.05, 3.63) is 34.9 Å². The summed E-state index contributed by atoms with van der Waals surface area (Å²) in [4.78, 5) is 0. The van der Waals surface area contributed by atoms with Crippen LogP contribution in [0.15, 0.2) is 18.2 Å². The molecule has 104 valence electrons. The second-order valence-corrected chi connectivity index (χ2v) is 5.78. The number of alkyl halides is 3. The summed E-state index contributed by atoms with van der Waals surface area (Å²) in [6, 6.07) is 4.80. The summed E-state index contributed by atoms with van der Waals surface area (Å²) < 4.78 is 38.0. The Kier molecular flexibility index (Phi) is 3.29. The minimum Gasteiger partial charge on any atom is -0.314 e. The summed E-state index contributed by atoms with van der Waals surface area (Å²) in [5, 5.41) is 3.47. The molecule has 1 saturated heterocycles. The molecular weight excluding hydrogens is 251 g/mol. The highest BCUT2D eigenvalue weighted by molar-refractivity contribution is 5.37. The normalized spacial score (nSPS) is 26.7. The molecule has 1 N–H and O–H groups in total. The first-order valence-corrected chi connectivity index (χ1v) is 6.95. The minimum absolute atomic E-state index is 0.508. The molecule has 1 aliphatic carbocycles. The SMILES string of the molecule is FC(F)(F)c1ccc2c(c1)CC(CC1CCCN1)C2. The van der Waals surface area contributed by atoms with Crippen LogP contribution in [0.5, 0.6) is 0 Å². The van der Waals surface area contributed by atoms with Gasteiger partial charge in [0.05, 0.1) is 5.56 Å². The molecule has 1 aliphatic heterocycles. The molecule has 0 radical (unpaired) electrons. The number of fused-ring (bicyclic) bond motifs is 1. The monoisotopic (exact) mass is 269 g/mol. The van der Waals surface area contributed by atoms with E-state index in [1.807, 2.05) is 0 Å². The van der Waals surface area contributed by atoms with Crippen LogP contribution in [0.1, 0.15) is 36.0 Å². The van der Waals surface area contributed by atoms with Crippen molar-refractivity contribution >= 4 is 0 Å². The maximum atomic E-state index is 12.7. The molecule has 1 aromatic carbocycles. The van der Waals surface area contributed by atoms with Gasteiger partial charge in [0.2, 0.25) is 0 Å². The molecule has 1 aromatic rings. The molecule has 1 fully saturated rings. The molecule has 2 atom stereocenters. The van der Waals surface area contributed by atoms with E-state index in [2.05, 4.69) is 5.32 Å². The molecule has 1 heterocycles. The maximum absolute atomic E-state index is 12.7. The fourth-order valence-electron chi connectivity index (χ4n) is 3.41. The van der Waals surface area contributed by atoms with E-state index in [-0.39, 0.29) is 0 Å². The molecule has 19 heavy (non-hydrogen) atoms. The third kappa shape index (κ3) is 2.78. The highest BCUT2D eigenvalue weighted by atomic mass is 19.4. The summed E-state index contributed by atoms with van der Waals surface area (Å²) in [5.74, 6) is 0.508. The van der Waals surface area contributed by atoms with Gasteiger partial charge in [-0.2, -0.15) is 13.2 Å². The van der Waals surface area contributed by atoms with Gasteiger partial charge < -0.3 is 5.32 Å². The Morgan fingerprint density at radius 1 is 1.16 bits per heavy atom. The van der Waals surface area contributed by atoms with Crippen molar-refractivity contribution in [3.8, 4) is 0 Å². The van der Waals surface area contributed by atoms with Crippen LogP contribution in [-0.4, -0.2) is 12.6 Å². The number of hydrogen-bond acceptors (Lipinski definition) is 1. The molecule has 4 heteroatoms. The van der Waals surface area contributed by atoms with Gasteiger partial charge in [-0.05, 0) is 67.8 Å². The highest BCUT2D eigenvalue weighted by Gasteiger charge is 2.33. The van der Waals surface area contributed by atoms with Gasteiger partial charge in [0, 0.05) is 6.04 Å². The Bertz CT molecular complexity index is 461. The first-order chi connectivity index (χ1) is 9.02. The molecule has 0 amide bonds. The number of halogens is 3. The highest BCUT2D eigenvalue weighted by Crippen LogP contribution is 2.36. The van der Waals surface area contributed by atoms with E-state index in [1.54, 1.807) is 6.07 Å². The van der Waals surface area contributed by atoms with Crippen LogP contribution in [0, 0.1) is 5.92 Å². The van der Waals surface area contributed by atoms with Gasteiger partial charge in [-0.25, -0.2) is 0 Å². The molecular formula is C15H18F3N. The standard InChI is InChI=1S/C15H18F3N/c16-15(17,18)13-4-3-11-6-10(7-12(11)9-13)8-14-2-1-5-19-14/h3-4,9-10,14,19H,1-2,5-8H2. The van der Waals surface area contributed by atoms with Gasteiger partial charge in [0.15, 0.2) is 0 Å². The third-order valence-corrected chi connectivity index (χ3v) is 4.33. The second-order valence-electron chi connectivity index (χ2n) is 5.78. The maximum Gasteiger partial charge on any atom is 0.416 e. The summed E-state index contributed by atoms with van der Waals surface area (Å²) in [7, 11) is 0. The number of rotatable bonds is 2. The summed E-state index contributed by atoms with van der Waals surface area (Å²) >= 11 is 0. The van der Waals surface area contributed by atoms with Gasteiger partial charge in [-0.1, -0.05) is 6.07 Å². The molecule has 3 rings (SSSR count). The lowest BCUT2D eigenvalue weighted by Crippen LogP contribution is -2.24. The molecule has 0 saturated carbocycles. The van der Waals surface area contributed by atoms with Gasteiger partial charge >= 0.3 is 6.18 Å². The van der Waals surface area contributed by atoms with E-state index in [0.29, 0.717) is 12.0 Å². The lowest BCUT2D eigenvalue weighted by molar-refractivity contribution is -0.137. The zero-order chi connectivity index (χ0) is 13.5. The van der Waals surface area contributed by atoms with Crippen LogP contribution >= 0.6 is 0 Å². The molecule has 2 unspecified atom stereocenters. The van der Waals surface area contributed by atoms with E-state index >= 15 is 0 Å². The van der Waals surface area contributed by atoms with E-state index in [0.717, 1.165) is 36.9 Å². The van der Waals surface area contributed by atoms with E-state index < -0.39 is 11.7 Å². The van der Waals surface area contributed by atoms with Crippen LogP contribution in [0.3, 0.4) is 0 Å². The quantitative estimate of drug-likeness (QED) is 0.865. The van der Waals surface area contributed by atoms with Crippen molar-refractivity contribution in [3.63, 3.8) is 0 Å². The second kappa shape index (κ2) is 4.82. The van der Waals surface area contributed by atoms with E-state index in [4.69, 9.17) is 0 Å². The van der Waals surface area contributed by atoms with Gasteiger partial charge in [0.1, 0.15) is 0 Å². The Morgan fingerprint density at radius 3 is 2.63 bits per heavy atom. The van der Waals surface area contributed by atoms with Gasteiger partial charge in [-0.3, -0.25) is 0 Å². The number of benzene rings is 1. The third-order valence-electron chi connectivity index (χ3n) is 4.33. The Balaban J connectivity index is 1.69. The smallest absolute Gasteiger partial charge is 0.314 e. The van der Waals surface area contributed by atoms with Crippen molar-refractivity contribution in [1.29, 1.82) is 0 Å². The first kappa shape index (κ1) is 13.0. The van der Waals surface area contributed by atoms with Crippen molar-refractivity contribution in [1.82, 2.24) is 5.32 Å². The summed E-state index contributed by atoms with van der Waals surface area (Å²) in [6.07, 6.45) is 1.04. The zero-order valence-electron chi connectivity index (χ0n) is 10.8. The Morgan fingerprint density at radius 2 is 1.95 bits per heavy atom. The zero-order valence-corrected chi connectivity index (χ0v) is 10.8. The van der Waals surface area contributed by atoms with Crippen LogP contribution in [0.25, 0.3) is 0 Å². The molecule has 0 aromatic heterocycles. The predicted molar refractivity (Wildman–Crippen MR) is 68.0 cm³/mol. The minimum atomic E-state index is -4.22. The van der Waals surface area contributed by atoms with Crippen molar-refractivity contribution in [2.45, 2.75) is 44.3 Å². The average Bonchev–Trinajstić information content (AvgIpc) is 2.95. The van der Waals surface area contributed by atoms with Crippen molar-refractivity contribution in [2.75, 3.05) is 6.54 Å². The van der Waals surface area contributed by atoms with Crippen molar-refractivity contribution in [2.24, 2.45) is 5.92 Å². The molecule has 2 aliphatic rings. The van der Waals surface area contributed by atoms with E-state index in [1.165, 1.54) is 25.0 Å². The lowest BCUT2D eigenvalue weighted by Gasteiger charge is -2.15. The van der Waals surface area contributed by atoms with Crippen LogP contribution in [0.2, 0.25) is 0 Å². The summed E-state index contributed by atoms with van der Waals surface area (Å²) in [5.41, 5.74) is 1.50. The first-order valence-electron chi connectivity index (χ1n) is 6.95. The fourth-order valence-corrected chi connectivity index (χ4v) is 3.41.